The molecule has 9 heteroatoms. The Balaban J connectivity index is 1.96. The highest BCUT2D eigenvalue weighted by molar-refractivity contribution is 7.89. The monoisotopic (exact) mass is 438 g/mol. The zero-order valence-corrected chi connectivity index (χ0v) is 17.8. The van der Waals surface area contributed by atoms with E-state index in [0.29, 0.717) is 13.1 Å². The van der Waals surface area contributed by atoms with Gasteiger partial charge >= 0.3 is 0 Å². The van der Waals surface area contributed by atoms with E-state index in [1.54, 1.807) is 0 Å². The second-order valence-electron chi connectivity index (χ2n) is 7.68. The zero-order chi connectivity index (χ0) is 22.1. The maximum Gasteiger partial charge on any atom is 0.255 e. The number of sulfonamides is 1. The largest absolute Gasteiger partial charge is 0.495 e. The van der Waals surface area contributed by atoms with Crippen LogP contribution in [-0.4, -0.2) is 38.8 Å². The van der Waals surface area contributed by atoms with Crippen molar-refractivity contribution in [3.05, 3.63) is 53.6 Å². The summed E-state index contributed by atoms with van der Waals surface area (Å²) in [6.07, 6.45) is 0.930. The van der Waals surface area contributed by atoms with E-state index in [0.717, 1.165) is 18.6 Å². The third-order valence-electron chi connectivity index (χ3n) is 5.08. The average molecular weight is 438 g/mol. The molecule has 0 bridgehead atoms. The van der Waals surface area contributed by atoms with Gasteiger partial charge in [0.25, 0.3) is 5.91 Å². The van der Waals surface area contributed by atoms with Gasteiger partial charge in [0, 0.05) is 18.7 Å². The highest BCUT2D eigenvalue weighted by atomic mass is 32.2. The van der Waals surface area contributed by atoms with E-state index in [4.69, 9.17) is 4.74 Å². The van der Waals surface area contributed by atoms with Crippen LogP contribution in [0.1, 0.15) is 30.6 Å². The highest BCUT2D eigenvalue weighted by Crippen LogP contribution is 2.32. The minimum atomic E-state index is -3.94. The maximum absolute atomic E-state index is 13.9. The molecule has 1 amide bonds. The summed E-state index contributed by atoms with van der Waals surface area (Å²) < 4.78 is 60.9. The van der Waals surface area contributed by atoms with Crippen molar-refractivity contribution in [1.82, 2.24) is 4.31 Å². The number of nitrogens with zero attached hydrogens (tertiary/aromatic N) is 1. The van der Waals surface area contributed by atoms with Crippen molar-refractivity contribution in [2.45, 2.75) is 25.2 Å². The Bertz CT molecular complexity index is 1030. The van der Waals surface area contributed by atoms with Gasteiger partial charge in [-0.3, -0.25) is 4.79 Å². The first-order valence-electron chi connectivity index (χ1n) is 9.57. The Morgan fingerprint density at radius 2 is 1.70 bits per heavy atom. The Labute approximate surface area is 174 Å². The van der Waals surface area contributed by atoms with Gasteiger partial charge in [0.1, 0.15) is 28.0 Å². The first kappa shape index (κ1) is 22.2. The molecule has 2 atom stereocenters. The molecule has 30 heavy (non-hydrogen) atoms. The van der Waals surface area contributed by atoms with Gasteiger partial charge in [0.05, 0.1) is 7.11 Å². The number of nitrogens with one attached hydrogen (secondary N) is 1. The Morgan fingerprint density at radius 3 is 2.27 bits per heavy atom. The van der Waals surface area contributed by atoms with Crippen LogP contribution in [-0.2, 0) is 10.0 Å². The van der Waals surface area contributed by atoms with Crippen molar-refractivity contribution in [3.8, 4) is 5.75 Å². The van der Waals surface area contributed by atoms with Gasteiger partial charge in [-0.05, 0) is 48.6 Å². The summed E-state index contributed by atoms with van der Waals surface area (Å²) in [7, 11) is -2.60. The Hall–Kier alpha value is -2.52. The lowest BCUT2D eigenvalue weighted by molar-refractivity contribution is 0.102. The molecule has 1 heterocycles. The molecular weight excluding hydrogens is 414 g/mol. The lowest BCUT2D eigenvalue weighted by atomic mass is 9.94. The molecule has 0 radical (unpaired) electrons. The molecule has 1 saturated heterocycles. The number of rotatable bonds is 5. The number of amides is 1. The van der Waals surface area contributed by atoms with E-state index in [1.807, 2.05) is 13.8 Å². The number of hydrogen-bond donors (Lipinski definition) is 1. The van der Waals surface area contributed by atoms with Crippen molar-refractivity contribution in [3.63, 3.8) is 0 Å². The second kappa shape index (κ2) is 8.69. The second-order valence-corrected chi connectivity index (χ2v) is 9.59. The van der Waals surface area contributed by atoms with Crippen molar-refractivity contribution in [2.24, 2.45) is 11.8 Å². The van der Waals surface area contributed by atoms with Gasteiger partial charge in [-0.2, -0.15) is 4.31 Å². The number of benzene rings is 2. The molecule has 2 aromatic carbocycles. The normalized spacial score (nSPS) is 20.0. The standard InChI is InChI=1S/C21H24F2N2O4S/c1-13-9-14(2)12-25(11-13)30(27,28)19-10-15(7-8-18(19)29-3)21(26)24-20-16(22)5-4-6-17(20)23/h4-8,10,13-14H,9,11-12H2,1-3H3,(H,24,26). The summed E-state index contributed by atoms with van der Waals surface area (Å²) in [5, 5.41) is 2.17. The molecular formula is C21H24F2N2O4S. The minimum absolute atomic E-state index is 0.0601. The summed E-state index contributed by atoms with van der Waals surface area (Å²) in [5.74, 6) is -2.20. The van der Waals surface area contributed by atoms with Gasteiger partial charge < -0.3 is 10.1 Å². The van der Waals surface area contributed by atoms with Crippen LogP contribution in [0.2, 0.25) is 0 Å². The van der Waals surface area contributed by atoms with Crippen molar-refractivity contribution < 1.29 is 26.7 Å². The highest BCUT2D eigenvalue weighted by Gasteiger charge is 2.34. The molecule has 1 aliphatic rings. The smallest absolute Gasteiger partial charge is 0.255 e. The van der Waals surface area contributed by atoms with Crippen LogP contribution < -0.4 is 10.1 Å². The van der Waals surface area contributed by atoms with Crippen LogP contribution in [0.5, 0.6) is 5.75 Å². The number of carbonyl (C=O) groups is 1. The quantitative estimate of drug-likeness (QED) is 0.769. The first-order valence-corrected chi connectivity index (χ1v) is 11.0. The van der Waals surface area contributed by atoms with Crippen LogP contribution in [0.4, 0.5) is 14.5 Å². The lowest BCUT2D eigenvalue weighted by Crippen LogP contribution is -2.42. The van der Waals surface area contributed by atoms with Crippen LogP contribution in [0, 0.1) is 23.5 Å². The molecule has 0 aliphatic carbocycles. The Kier molecular flexibility index (Phi) is 6.42. The Morgan fingerprint density at radius 1 is 1.10 bits per heavy atom. The number of ether oxygens (including phenoxy) is 1. The van der Waals surface area contributed by atoms with E-state index in [2.05, 4.69) is 5.32 Å². The fourth-order valence-electron chi connectivity index (χ4n) is 3.76. The fourth-order valence-corrected chi connectivity index (χ4v) is 5.62. The summed E-state index contributed by atoms with van der Waals surface area (Å²) in [6, 6.07) is 7.08. The van der Waals surface area contributed by atoms with Crippen LogP contribution in [0.3, 0.4) is 0 Å². The number of piperidine rings is 1. The first-order chi connectivity index (χ1) is 14.1. The summed E-state index contributed by atoms with van der Waals surface area (Å²) in [6.45, 7) is 4.71. The third kappa shape index (κ3) is 4.46. The van der Waals surface area contributed by atoms with Crippen molar-refractivity contribution in [1.29, 1.82) is 0 Å². The van der Waals surface area contributed by atoms with Gasteiger partial charge in [-0.1, -0.05) is 19.9 Å². The summed E-state index contributed by atoms with van der Waals surface area (Å²) in [5.41, 5.74) is -0.656. The molecule has 1 N–H and O–H groups in total. The number of hydrogen-bond acceptors (Lipinski definition) is 4. The summed E-state index contributed by atoms with van der Waals surface area (Å²) >= 11 is 0. The number of methoxy groups -OCH3 is 1. The number of para-hydroxylation sites is 1. The lowest BCUT2D eigenvalue weighted by Gasteiger charge is -2.34. The number of carbonyl (C=O) groups excluding carboxylic acids is 1. The van der Waals surface area contributed by atoms with Gasteiger partial charge in [-0.15, -0.1) is 0 Å². The van der Waals surface area contributed by atoms with Crippen molar-refractivity contribution in [2.75, 3.05) is 25.5 Å². The zero-order valence-electron chi connectivity index (χ0n) is 17.0. The molecule has 2 aromatic rings. The van der Waals surface area contributed by atoms with E-state index in [-0.39, 0.29) is 28.0 Å². The average Bonchev–Trinajstić information content (AvgIpc) is 2.69. The van der Waals surface area contributed by atoms with Crippen LogP contribution in [0.25, 0.3) is 0 Å². The van der Waals surface area contributed by atoms with E-state index in [9.17, 15) is 22.0 Å². The van der Waals surface area contributed by atoms with Gasteiger partial charge in [-0.25, -0.2) is 17.2 Å². The SMILES string of the molecule is COc1ccc(C(=O)Nc2c(F)cccc2F)cc1S(=O)(=O)N1CC(C)CC(C)C1. The molecule has 6 nitrogen and oxygen atoms in total. The predicted molar refractivity (Wildman–Crippen MR) is 109 cm³/mol. The topological polar surface area (TPSA) is 75.7 Å². The number of anilines is 1. The molecule has 162 valence electrons. The maximum atomic E-state index is 13.9. The molecule has 0 saturated carbocycles. The minimum Gasteiger partial charge on any atom is -0.495 e. The fraction of sp³-hybridized carbons (Fsp3) is 0.381. The van der Waals surface area contributed by atoms with Gasteiger partial charge in [0.15, 0.2) is 0 Å². The van der Waals surface area contributed by atoms with E-state index >= 15 is 0 Å². The number of halogens is 2. The molecule has 1 fully saturated rings. The molecule has 2 unspecified atom stereocenters. The third-order valence-corrected chi connectivity index (χ3v) is 6.93. The molecule has 0 spiro atoms. The predicted octanol–water partition coefficient (Wildman–Crippen LogP) is 3.89. The van der Waals surface area contributed by atoms with Crippen molar-refractivity contribution >= 4 is 21.6 Å². The van der Waals surface area contributed by atoms with Crippen LogP contribution >= 0.6 is 0 Å². The summed E-state index contributed by atoms with van der Waals surface area (Å²) in [4.78, 5) is 12.4. The molecule has 0 aromatic heterocycles. The van der Waals surface area contributed by atoms with Crippen LogP contribution in [0.15, 0.2) is 41.3 Å². The molecule has 1 aliphatic heterocycles. The van der Waals surface area contributed by atoms with E-state index < -0.39 is 33.3 Å². The van der Waals surface area contributed by atoms with E-state index in [1.165, 1.54) is 35.7 Å². The van der Waals surface area contributed by atoms with Gasteiger partial charge in [0.2, 0.25) is 10.0 Å². The molecule has 3 rings (SSSR count).